The Hall–Kier alpha value is -1.15. The topological polar surface area (TPSA) is 22.1 Å². The normalized spacial score (nSPS) is 38.8. The zero-order valence-electron chi connectivity index (χ0n) is 20.8. The van der Waals surface area contributed by atoms with Crippen LogP contribution in [-0.4, -0.2) is 17.7 Å². The van der Waals surface area contributed by atoms with E-state index in [0.717, 1.165) is 30.8 Å². The van der Waals surface area contributed by atoms with Gasteiger partial charge in [0.25, 0.3) is 0 Å². The number of allylic oxidation sites excluding steroid dienone is 2. The maximum atomic E-state index is 6.27. The molecular weight excluding hydrogens is 378 g/mol. The summed E-state index contributed by atoms with van der Waals surface area (Å²) in [6.07, 6.45) is 20.2. The Morgan fingerprint density at radius 1 is 1.00 bits per heavy atom. The Bertz CT molecular complexity index is 783. The van der Waals surface area contributed by atoms with E-state index < -0.39 is 0 Å². The molecule has 3 aliphatic carbocycles. The number of hydrogen-bond donors (Lipinski definition) is 0. The standard InChI is InChI=1S/C25H35NO.C4H10/c1-4-17-14-18(16-26-15-17)20-7-8-21-19-6-9-23-25(3,11-5-13-27-23)22(19)10-12-24(20,21)2;1-3-4-2/h7,14-16,19,21-23H,4-6,8-13H2,1-3H3;3-4H2,1-2H3. The third-order valence-electron chi connectivity index (χ3n) is 9.56. The smallest absolute Gasteiger partial charge is 0.0631 e. The van der Waals surface area contributed by atoms with Crippen LogP contribution in [0.5, 0.6) is 0 Å². The maximum absolute atomic E-state index is 6.27. The molecule has 172 valence electrons. The summed E-state index contributed by atoms with van der Waals surface area (Å²) in [5, 5.41) is 0. The lowest BCUT2D eigenvalue weighted by Gasteiger charge is -2.59. The van der Waals surface area contributed by atoms with E-state index in [4.69, 9.17) is 4.74 Å². The number of fused-ring (bicyclic) bond motifs is 5. The molecule has 0 amide bonds. The predicted octanol–water partition coefficient (Wildman–Crippen LogP) is 7.87. The van der Waals surface area contributed by atoms with Crippen LogP contribution in [0, 0.1) is 28.6 Å². The summed E-state index contributed by atoms with van der Waals surface area (Å²) in [7, 11) is 0. The van der Waals surface area contributed by atoms with Crippen LogP contribution >= 0.6 is 0 Å². The van der Waals surface area contributed by atoms with Crippen LogP contribution in [-0.2, 0) is 11.2 Å². The molecule has 1 aromatic rings. The van der Waals surface area contributed by atoms with E-state index in [2.05, 4.69) is 57.9 Å². The minimum absolute atomic E-state index is 0.341. The first-order chi connectivity index (χ1) is 15.0. The van der Waals surface area contributed by atoms with E-state index in [9.17, 15) is 0 Å². The second kappa shape index (κ2) is 9.38. The van der Waals surface area contributed by atoms with Gasteiger partial charge < -0.3 is 4.74 Å². The van der Waals surface area contributed by atoms with Gasteiger partial charge in [-0.2, -0.15) is 0 Å². The van der Waals surface area contributed by atoms with Crippen molar-refractivity contribution in [3.05, 3.63) is 35.7 Å². The Labute approximate surface area is 191 Å². The summed E-state index contributed by atoms with van der Waals surface area (Å²) in [4.78, 5) is 4.56. The number of aromatic nitrogens is 1. The first kappa shape index (κ1) is 23.0. The van der Waals surface area contributed by atoms with Gasteiger partial charge in [0.05, 0.1) is 6.10 Å². The maximum Gasteiger partial charge on any atom is 0.0631 e. The van der Waals surface area contributed by atoms with E-state index in [-0.39, 0.29) is 0 Å². The average Bonchev–Trinajstić information content (AvgIpc) is 3.16. The fourth-order valence-corrected chi connectivity index (χ4v) is 7.56. The average molecular weight is 424 g/mol. The number of hydrogen-bond acceptors (Lipinski definition) is 2. The summed E-state index contributed by atoms with van der Waals surface area (Å²) in [5.74, 6) is 2.56. The monoisotopic (exact) mass is 423 g/mol. The fraction of sp³-hybridized carbons (Fsp3) is 0.759. The van der Waals surface area contributed by atoms with Gasteiger partial charge in [-0.25, -0.2) is 0 Å². The first-order valence-electron chi connectivity index (χ1n) is 13.2. The molecule has 2 nitrogen and oxygen atoms in total. The molecular formula is C29H45NO. The Kier molecular flexibility index (Phi) is 6.96. The van der Waals surface area contributed by atoms with E-state index >= 15 is 0 Å². The molecule has 31 heavy (non-hydrogen) atoms. The molecule has 4 aliphatic rings. The largest absolute Gasteiger partial charge is 0.378 e. The van der Waals surface area contributed by atoms with E-state index in [1.54, 1.807) is 5.57 Å². The highest BCUT2D eigenvalue weighted by Crippen LogP contribution is 2.65. The quantitative estimate of drug-likeness (QED) is 0.493. The Morgan fingerprint density at radius 2 is 1.81 bits per heavy atom. The van der Waals surface area contributed by atoms with Gasteiger partial charge in [-0.05, 0) is 103 Å². The van der Waals surface area contributed by atoms with Crippen LogP contribution in [0.3, 0.4) is 0 Å². The lowest BCUT2D eigenvalue weighted by atomic mass is 9.47. The molecule has 0 aromatic carbocycles. The minimum Gasteiger partial charge on any atom is -0.378 e. The van der Waals surface area contributed by atoms with Gasteiger partial charge in [-0.1, -0.05) is 53.5 Å². The number of unbranched alkanes of at least 4 members (excludes halogenated alkanes) is 1. The minimum atomic E-state index is 0.341. The zero-order valence-corrected chi connectivity index (χ0v) is 20.8. The molecule has 3 fully saturated rings. The first-order valence-corrected chi connectivity index (χ1v) is 13.2. The summed E-state index contributed by atoms with van der Waals surface area (Å²) in [6, 6.07) is 2.39. The van der Waals surface area contributed by atoms with Crippen LogP contribution in [0.15, 0.2) is 24.5 Å². The Morgan fingerprint density at radius 3 is 2.55 bits per heavy atom. The molecule has 6 unspecified atom stereocenters. The second-order valence-corrected chi connectivity index (χ2v) is 11.2. The van der Waals surface area contributed by atoms with Gasteiger partial charge in [0, 0.05) is 19.0 Å². The number of aryl methyl sites for hydroxylation is 1. The van der Waals surface area contributed by atoms with Crippen LogP contribution in [0.25, 0.3) is 5.57 Å². The number of nitrogens with zero attached hydrogens (tertiary/aromatic N) is 1. The van der Waals surface area contributed by atoms with Crippen molar-refractivity contribution in [1.29, 1.82) is 0 Å². The second-order valence-electron chi connectivity index (χ2n) is 11.2. The van der Waals surface area contributed by atoms with Crippen molar-refractivity contribution in [2.45, 2.75) is 105 Å². The van der Waals surface area contributed by atoms with E-state index in [1.807, 2.05) is 6.20 Å². The fourth-order valence-electron chi connectivity index (χ4n) is 7.56. The van der Waals surface area contributed by atoms with Crippen molar-refractivity contribution in [2.75, 3.05) is 6.61 Å². The molecule has 6 atom stereocenters. The summed E-state index contributed by atoms with van der Waals surface area (Å²) in [6.45, 7) is 12.7. The molecule has 0 bridgehead atoms. The summed E-state index contributed by atoms with van der Waals surface area (Å²) >= 11 is 0. The highest BCUT2D eigenvalue weighted by Gasteiger charge is 2.58. The van der Waals surface area contributed by atoms with Gasteiger partial charge in [0.2, 0.25) is 0 Å². The van der Waals surface area contributed by atoms with Crippen molar-refractivity contribution in [3.8, 4) is 0 Å². The molecule has 1 aromatic heterocycles. The molecule has 1 saturated heterocycles. The van der Waals surface area contributed by atoms with Crippen molar-refractivity contribution in [1.82, 2.24) is 4.98 Å². The van der Waals surface area contributed by atoms with Gasteiger partial charge in [-0.15, -0.1) is 0 Å². The molecule has 1 aliphatic heterocycles. The van der Waals surface area contributed by atoms with Crippen LogP contribution in [0.1, 0.15) is 104 Å². The van der Waals surface area contributed by atoms with Crippen LogP contribution in [0.4, 0.5) is 0 Å². The number of pyridine rings is 1. The molecule has 5 rings (SSSR count). The molecule has 2 saturated carbocycles. The molecule has 2 heterocycles. The highest BCUT2D eigenvalue weighted by molar-refractivity contribution is 5.72. The highest BCUT2D eigenvalue weighted by atomic mass is 16.5. The molecule has 0 N–H and O–H groups in total. The third kappa shape index (κ3) is 4.03. The number of ether oxygens (including phenoxy) is 1. The van der Waals surface area contributed by atoms with Gasteiger partial charge >= 0.3 is 0 Å². The van der Waals surface area contributed by atoms with Crippen molar-refractivity contribution >= 4 is 5.57 Å². The molecule has 0 radical (unpaired) electrons. The third-order valence-corrected chi connectivity index (χ3v) is 9.56. The molecule has 2 heteroatoms. The van der Waals surface area contributed by atoms with Crippen molar-refractivity contribution in [2.24, 2.45) is 28.6 Å². The van der Waals surface area contributed by atoms with E-state index in [1.165, 1.54) is 68.9 Å². The predicted molar refractivity (Wildman–Crippen MR) is 131 cm³/mol. The summed E-state index contributed by atoms with van der Waals surface area (Å²) in [5.41, 5.74) is 5.11. The van der Waals surface area contributed by atoms with Crippen molar-refractivity contribution < 1.29 is 4.74 Å². The van der Waals surface area contributed by atoms with Gasteiger partial charge in [0.1, 0.15) is 0 Å². The van der Waals surface area contributed by atoms with Crippen LogP contribution < -0.4 is 0 Å². The lowest BCUT2D eigenvalue weighted by Crippen LogP contribution is -2.55. The zero-order chi connectivity index (χ0) is 22.1. The molecule has 0 spiro atoms. The number of rotatable bonds is 3. The SMILES string of the molecule is CCCC.CCc1cncc(C2=CCC3C4CCC5OCCCC5(C)C4CCC23C)c1. The Balaban J connectivity index is 0.000000535. The van der Waals surface area contributed by atoms with Gasteiger partial charge in [0.15, 0.2) is 0 Å². The lowest BCUT2D eigenvalue weighted by molar-refractivity contribution is -0.168. The summed E-state index contributed by atoms with van der Waals surface area (Å²) < 4.78 is 6.27. The van der Waals surface area contributed by atoms with E-state index in [0.29, 0.717) is 16.9 Å². The van der Waals surface area contributed by atoms with Gasteiger partial charge in [-0.3, -0.25) is 4.98 Å². The van der Waals surface area contributed by atoms with Crippen LogP contribution in [0.2, 0.25) is 0 Å². The van der Waals surface area contributed by atoms with Crippen molar-refractivity contribution in [3.63, 3.8) is 0 Å².